The van der Waals surface area contributed by atoms with Crippen LogP contribution in [0.4, 0.5) is 0 Å². The Kier molecular flexibility index (Phi) is 3.86. The first kappa shape index (κ1) is 13.6. The van der Waals surface area contributed by atoms with Crippen LogP contribution in [-0.2, 0) is 14.3 Å². The molecule has 0 amide bonds. The van der Waals surface area contributed by atoms with E-state index in [0.717, 1.165) is 5.56 Å². The van der Waals surface area contributed by atoms with E-state index >= 15 is 0 Å². The molecule has 4 heteroatoms. The summed E-state index contributed by atoms with van der Waals surface area (Å²) in [6, 6.07) is 7.08. The third-order valence-corrected chi connectivity index (χ3v) is 3.31. The predicted molar refractivity (Wildman–Crippen MR) is 73.0 cm³/mol. The number of hydrogen-bond donors (Lipinski definition) is 0. The number of halogens is 1. The van der Waals surface area contributed by atoms with Crippen LogP contribution in [0.5, 0.6) is 0 Å². The second kappa shape index (κ2) is 5.41. The second-order valence-corrected chi connectivity index (χ2v) is 4.81. The number of cyclic esters (lactones) is 1. The number of carbonyl (C=O) groups is 2. The van der Waals surface area contributed by atoms with Gasteiger partial charge >= 0.3 is 5.97 Å². The van der Waals surface area contributed by atoms with E-state index in [0.29, 0.717) is 10.6 Å². The maximum absolute atomic E-state index is 11.6. The molecule has 2 atom stereocenters. The normalized spacial score (nSPS) is 19.1. The Bertz CT molecular complexity index is 557. The summed E-state index contributed by atoms with van der Waals surface area (Å²) < 4.78 is 5.18. The smallest absolute Gasteiger partial charge is 0.331 e. The molecule has 2 rings (SSSR count). The van der Waals surface area contributed by atoms with Gasteiger partial charge in [0.2, 0.25) is 0 Å². The number of rotatable bonds is 4. The zero-order valence-electron chi connectivity index (χ0n) is 10.4. The molecule has 1 aromatic carbocycles. The molecular formula is C15H13ClO3. The molecule has 3 nitrogen and oxygen atoms in total. The summed E-state index contributed by atoms with van der Waals surface area (Å²) in [4.78, 5) is 22.8. The fourth-order valence-electron chi connectivity index (χ4n) is 2.04. The molecule has 0 saturated heterocycles. The maximum Gasteiger partial charge on any atom is 0.331 e. The Hall–Kier alpha value is -1.87. The fraction of sp³-hybridized carbons (Fsp3) is 0.200. The maximum atomic E-state index is 11.6. The molecule has 0 aliphatic carbocycles. The largest absolute Gasteiger partial charge is 0.454 e. The summed E-state index contributed by atoms with van der Waals surface area (Å²) in [5.41, 5.74) is 1.25. The first-order valence-corrected chi connectivity index (χ1v) is 6.21. The molecule has 1 aliphatic rings. The van der Waals surface area contributed by atoms with Crippen molar-refractivity contribution in [1.29, 1.82) is 0 Å². The topological polar surface area (TPSA) is 43.4 Å². The van der Waals surface area contributed by atoms with Gasteiger partial charge in [-0.3, -0.25) is 4.79 Å². The predicted octanol–water partition coefficient (Wildman–Crippen LogP) is 3.05. The summed E-state index contributed by atoms with van der Waals surface area (Å²) in [6.07, 6.45) is 2.52. The highest BCUT2D eigenvalue weighted by Crippen LogP contribution is 2.32. The van der Waals surface area contributed by atoms with Crippen molar-refractivity contribution in [2.24, 2.45) is 0 Å². The summed E-state index contributed by atoms with van der Waals surface area (Å²) in [7, 11) is 0. The monoisotopic (exact) mass is 276 g/mol. The molecule has 1 heterocycles. The van der Waals surface area contributed by atoms with E-state index in [4.69, 9.17) is 16.3 Å². The average molecular weight is 277 g/mol. The Balaban J connectivity index is 2.37. The van der Waals surface area contributed by atoms with Crippen molar-refractivity contribution in [2.75, 3.05) is 0 Å². The van der Waals surface area contributed by atoms with Gasteiger partial charge in [0.05, 0.1) is 5.92 Å². The molecule has 0 radical (unpaired) electrons. The van der Waals surface area contributed by atoms with E-state index in [9.17, 15) is 9.59 Å². The Labute approximate surface area is 116 Å². The van der Waals surface area contributed by atoms with Crippen molar-refractivity contribution < 1.29 is 14.3 Å². The van der Waals surface area contributed by atoms with Gasteiger partial charge in [0, 0.05) is 11.1 Å². The minimum absolute atomic E-state index is 0.128. The van der Waals surface area contributed by atoms with Crippen LogP contribution in [0, 0.1) is 0 Å². The summed E-state index contributed by atoms with van der Waals surface area (Å²) in [5, 5.41) is 0.606. The highest BCUT2D eigenvalue weighted by Gasteiger charge is 2.31. The van der Waals surface area contributed by atoms with Gasteiger partial charge < -0.3 is 4.74 Å². The first-order valence-electron chi connectivity index (χ1n) is 5.83. The van der Waals surface area contributed by atoms with Gasteiger partial charge in [-0.15, -0.1) is 0 Å². The number of ketones is 1. The molecule has 0 fully saturated rings. The molecule has 0 aromatic heterocycles. The van der Waals surface area contributed by atoms with Gasteiger partial charge in [0.25, 0.3) is 0 Å². The van der Waals surface area contributed by atoms with Gasteiger partial charge in [-0.05, 0) is 36.3 Å². The van der Waals surface area contributed by atoms with Crippen molar-refractivity contribution in [3.8, 4) is 0 Å². The lowest BCUT2D eigenvalue weighted by molar-refractivity contribution is -0.139. The van der Waals surface area contributed by atoms with Crippen molar-refractivity contribution in [1.82, 2.24) is 0 Å². The summed E-state index contributed by atoms with van der Waals surface area (Å²) in [5.74, 6) is -0.908. The molecule has 1 aromatic rings. The second-order valence-electron chi connectivity index (χ2n) is 4.37. The number of hydrogen-bond acceptors (Lipinski definition) is 3. The van der Waals surface area contributed by atoms with Crippen molar-refractivity contribution in [3.05, 3.63) is 59.2 Å². The summed E-state index contributed by atoms with van der Waals surface area (Å²) in [6.45, 7) is 5.27. The third kappa shape index (κ3) is 2.93. The van der Waals surface area contributed by atoms with E-state index < -0.39 is 12.1 Å². The van der Waals surface area contributed by atoms with E-state index in [1.54, 1.807) is 30.3 Å². The number of carbonyl (C=O) groups excluding carboxylic acids is 2. The van der Waals surface area contributed by atoms with Crippen LogP contribution in [0.3, 0.4) is 0 Å². The standard InChI is InChI=1S/C15H13ClO3/c1-9(10(2)17)15(13-7-8-14(18)19-13)11-3-5-12(16)6-4-11/h3-8,13,15H,1H2,2H3/t13-,15-/m0/s1. The lowest BCUT2D eigenvalue weighted by Crippen LogP contribution is -2.23. The lowest BCUT2D eigenvalue weighted by Gasteiger charge is -2.23. The lowest BCUT2D eigenvalue weighted by atomic mass is 9.85. The molecule has 19 heavy (non-hydrogen) atoms. The van der Waals surface area contributed by atoms with Gasteiger partial charge in [-0.1, -0.05) is 30.3 Å². The summed E-state index contributed by atoms with van der Waals surface area (Å²) >= 11 is 5.85. The highest BCUT2D eigenvalue weighted by molar-refractivity contribution is 6.30. The highest BCUT2D eigenvalue weighted by atomic mass is 35.5. The van der Waals surface area contributed by atoms with Crippen molar-refractivity contribution >= 4 is 23.4 Å². The minimum atomic E-state index is -0.495. The number of ether oxygens (including phenoxy) is 1. The Morgan fingerprint density at radius 1 is 1.37 bits per heavy atom. The zero-order chi connectivity index (χ0) is 14.0. The van der Waals surface area contributed by atoms with Crippen molar-refractivity contribution in [3.63, 3.8) is 0 Å². The SMILES string of the molecule is C=C(C(C)=O)[C@@H](c1ccc(Cl)cc1)[C@@H]1C=CC(=O)O1. The molecule has 0 saturated carbocycles. The van der Waals surface area contributed by atoms with Crippen LogP contribution in [0.2, 0.25) is 5.02 Å². The third-order valence-electron chi connectivity index (χ3n) is 3.06. The minimum Gasteiger partial charge on any atom is -0.454 e. The molecule has 98 valence electrons. The molecule has 0 bridgehead atoms. The van der Waals surface area contributed by atoms with Crippen LogP contribution in [0.15, 0.2) is 48.6 Å². The van der Waals surface area contributed by atoms with Gasteiger partial charge in [0.1, 0.15) is 6.10 Å². The van der Waals surface area contributed by atoms with E-state index in [2.05, 4.69) is 6.58 Å². The van der Waals surface area contributed by atoms with Crippen LogP contribution >= 0.6 is 11.6 Å². The van der Waals surface area contributed by atoms with Crippen LogP contribution < -0.4 is 0 Å². The van der Waals surface area contributed by atoms with E-state index in [1.165, 1.54) is 13.0 Å². The van der Waals surface area contributed by atoms with Gasteiger partial charge in [0.15, 0.2) is 5.78 Å². The number of benzene rings is 1. The first-order chi connectivity index (χ1) is 8.99. The fourth-order valence-corrected chi connectivity index (χ4v) is 2.17. The van der Waals surface area contributed by atoms with Crippen molar-refractivity contribution in [2.45, 2.75) is 18.9 Å². The number of esters is 1. The van der Waals surface area contributed by atoms with Crippen LogP contribution in [0.25, 0.3) is 0 Å². The Morgan fingerprint density at radius 3 is 2.47 bits per heavy atom. The Morgan fingerprint density at radius 2 is 2.00 bits per heavy atom. The molecule has 0 N–H and O–H groups in total. The van der Waals surface area contributed by atoms with Gasteiger partial charge in [-0.2, -0.15) is 0 Å². The zero-order valence-corrected chi connectivity index (χ0v) is 11.2. The van der Waals surface area contributed by atoms with Gasteiger partial charge in [-0.25, -0.2) is 4.79 Å². The average Bonchev–Trinajstić information content (AvgIpc) is 2.78. The molecular weight excluding hydrogens is 264 g/mol. The number of Topliss-reactive ketones (excluding diaryl/α,β-unsaturated/α-hetero) is 1. The molecule has 0 spiro atoms. The van der Waals surface area contributed by atoms with Crippen LogP contribution in [0.1, 0.15) is 18.4 Å². The molecule has 1 aliphatic heterocycles. The quantitative estimate of drug-likeness (QED) is 0.627. The van der Waals surface area contributed by atoms with Crippen LogP contribution in [-0.4, -0.2) is 17.9 Å². The van der Waals surface area contributed by atoms with E-state index in [-0.39, 0.29) is 11.7 Å². The molecule has 0 unspecified atom stereocenters. The van der Waals surface area contributed by atoms with E-state index in [1.807, 2.05) is 0 Å².